The second-order valence-electron chi connectivity index (χ2n) is 6.98. The first-order valence-electron chi connectivity index (χ1n) is 9.24. The van der Waals surface area contributed by atoms with E-state index in [2.05, 4.69) is 32.1 Å². The summed E-state index contributed by atoms with van der Waals surface area (Å²) in [5.74, 6) is -0.143. The Morgan fingerprint density at radius 2 is 2.31 bits per heavy atom. The fraction of sp³-hybridized carbons (Fsp3) is 0.368. The monoisotopic (exact) mass is 451 g/mol. The summed E-state index contributed by atoms with van der Waals surface area (Å²) >= 11 is 8.58. The molecule has 0 aliphatic carbocycles. The molecule has 1 N–H and O–H groups in total. The summed E-state index contributed by atoms with van der Waals surface area (Å²) in [5.41, 5.74) is 0.747. The average Bonchev–Trinajstić information content (AvgIpc) is 3.13. The lowest BCUT2D eigenvalue weighted by Gasteiger charge is -2.30. The number of benzene rings is 1. The summed E-state index contributed by atoms with van der Waals surface area (Å²) in [6, 6.07) is 4.14. The third kappa shape index (κ3) is 4.79. The van der Waals surface area contributed by atoms with Crippen molar-refractivity contribution in [2.24, 2.45) is 5.92 Å². The molecule has 3 heterocycles. The highest BCUT2D eigenvalue weighted by Gasteiger charge is 2.21. The van der Waals surface area contributed by atoms with E-state index in [-0.39, 0.29) is 22.4 Å². The number of fused-ring (bicyclic) bond motifs is 1. The number of aromatic nitrogens is 3. The number of hydrogen-bond acceptors (Lipinski definition) is 7. The van der Waals surface area contributed by atoms with Gasteiger partial charge in [0.2, 0.25) is 5.91 Å². The Morgan fingerprint density at radius 3 is 3.10 bits per heavy atom. The Hall–Kier alpha value is -1.97. The Bertz CT molecular complexity index is 1050. The quantitative estimate of drug-likeness (QED) is 0.442. The van der Waals surface area contributed by atoms with E-state index in [1.54, 1.807) is 11.3 Å². The van der Waals surface area contributed by atoms with Gasteiger partial charge >= 0.3 is 0 Å². The predicted octanol–water partition coefficient (Wildman–Crippen LogP) is 4.85. The van der Waals surface area contributed by atoms with Crippen LogP contribution in [0.25, 0.3) is 10.3 Å². The molecule has 29 heavy (non-hydrogen) atoms. The maximum atomic E-state index is 13.9. The second kappa shape index (κ2) is 8.81. The van der Waals surface area contributed by atoms with Gasteiger partial charge in [0, 0.05) is 18.1 Å². The molecule has 1 aliphatic heterocycles. The van der Waals surface area contributed by atoms with Crippen LogP contribution in [0.15, 0.2) is 29.6 Å². The minimum atomic E-state index is -0.567. The van der Waals surface area contributed by atoms with Crippen LogP contribution in [0, 0.1) is 11.7 Å². The first-order chi connectivity index (χ1) is 14.0. The smallest absolute Gasteiger partial charge is 0.234 e. The van der Waals surface area contributed by atoms with E-state index >= 15 is 0 Å². The minimum Gasteiger partial charge on any atom is -0.348 e. The maximum absolute atomic E-state index is 13.9. The molecule has 6 nitrogen and oxygen atoms in total. The SMILES string of the molecule is C[C@@H]1CCCN(c2nc3ncnc(SCC(=O)Nc4ccc(Cl)cc4F)c3s2)C1. The van der Waals surface area contributed by atoms with Crippen LogP contribution in [-0.2, 0) is 4.79 Å². The number of thiazole rings is 1. The summed E-state index contributed by atoms with van der Waals surface area (Å²) in [5, 5.41) is 4.49. The number of nitrogens with one attached hydrogen (secondary N) is 1. The Labute approximate surface area is 180 Å². The van der Waals surface area contributed by atoms with Gasteiger partial charge in [0.25, 0.3) is 0 Å². The molecule has 1 aromatic carbocycles. The van der Waals surface area contributed by atoms with Gasteiger partial charge in [-0.25, -0.2) is 14.4 Å². The topological polar surface area (TPSA) is 71.0 Å². The van der Waals surface area contributed by atoms with Crippen LogP contribution in [0.1, 0.15) is 19.8 Å². The molecule has 0 unspecified atom stereocenters. The van der Waals surface area contributed by atoms with E-state index in [0.717, 1.165) is 29.3 Å². The molecule has 152 valence electrons. The van der Waals surface area contributed by atoms with Gasteiger partial charge < -0.3 is 10.2 Å². The van der Waals surface area contributed by atoms with Crippen LogP contribution in [0.4, 0.5) is 15.2 Å². The fourth-order valence-corrected chi connectivity index (χ4v) is 5.32. The number of thioether (sulfide) groups is 1. The number of hydrogen-bond donors (Lipinski definition) is 1. The van der Waals surface area contributed by atoms with Crippen molar-refractivity contribution in [1.29, 1.82) is 0 Å². The van der Waals surface area contributed by atoms with Gasteiger partial charge in [-0.2, -0.15) is 4.98 Å². The molecule has 1 saturated heterocycles. The molecule has 0 bridgehead atoms. The first kappa shape index (κ1) is 20.3. The van der Waals surface area contributed by atoms with Crippen molar-refractivity contribution in [3.8, 4) is 0 Å². The van der Waals surface area contributed by atoms with Gasteiger partial charge in [0.1, 0.15) is 21.9 Å². The van der Waals surface area contributed by atoms with Crippen molar-refractivity contribution in [1.82, 2.24) is 15.0 Å². The van der Waals surface area contributed by atoms with Crippen LogP contribution in [0.3, 0.4) is 0 Å². The molecule has 0 radical (unpaired) electrons. The van der Waals surface area contributed by atoms with E-state index in [1.165, 1.54) is 42.7 Å². The van der Waals surface area contributed by atoms with Gasteiger partial charge in [0.15, 0.2) is 10.8 Å². The zero-order chi connectivity index (χ0) is 20.4. The van der Waals surface area contributed by atoms with Crippen LogP contribution in [-0.4, -0.2) is 39.7 Å². The molecule has 1 atom stereocenters. The summed E-state index contributed by atoms with van der Waals surface area (Å²) in [6.07, 6.45) is 3.86. The molecule has 0 saturated carbocycles. The van der Waals surface area contributed by atoms with Crippen molar-refractivity contribution in [2.45, 2.75) is 24.8 Å². The molecule has 1 fully saturated rings. The Balaban J connectivity index is 1.45. The number of halogens is 2. The highest BCUT2D eigenvalue weighted by atomic mass is 35.5. The number of nitrogens with zero attached hydrogens (tertiary/aromatic N) is 4. The van der Waals surface area contributed by atoms with Crippen LogP contribution >= 0.6 is 34.7 Å². The predicted molar refractivity (Wildman–Crippen MR) is 117 cm³/mol. The molecule has 3 aromatic rings. The van der Waals surface area contributed by atoms with Crippen molar-refractivity contribution in [3.63, 3.8) is 0 Å². The van der Waals surface area contributed by atoms with Crippen molar-refractivity contribution < 1.29 is 9.18 Å². The maximum Gasteiger partial charge on any atom is 0.234 e. The zero-order valence-corrected chi connectivity index (χ0v) is 18.1. The molecule has 1 amide bonds. The molecule has 2 aromatic heterocycles. The highest BCUT2D eigenvalue weighted by Crippen LogP contribution is 2.35. The highest BCUT2D eigenvalue weighted by molar-refractivity contribution is 8.00. The van der Waals surface area contributed by atoms with Gasteiger partial charge in [-0.1, -0.05) is 41.6 Å². The Kier molecular flexibility index (Phi) is 6.17. The number of piperidine rings is 1. The number of amides is 1. The zero-order valence-electron chi connectivity index (χ0n) is 15.7. The molecule has 1 aliphatic rings. The summed E-state index contributed by atoms with van der Waals surface area (Å²) in [6.45, 7) is 4.24. The Morgan fingerprint density at radius 1 is 1.45 bits per heavy atom. The molecular formula is C19H19ClFN5OS2. The van der Waals surface area contributed by atoms with E-state index < -0.39 is 5.82 Å². The largest absolute Gasteiger partial charge is 0.348 e. The molecular weight excluding hydrogens is 433 g/mol. The van der Waals surface area contributed by atoms with Gasteiger partial charge in [-0.15, -0.1) is 0 Å². The number of carbonyl (C=O) groups excluding carboxylic acids is 1. The molecule has 4 rings (SSSR count). The van der Waals surface area contributed by atoms with Crippen molar-refractivity contribution >= 4 is 61.8 Å². The van der Waals surface area contributed by atoms with Crippen LogP contribution < -0.4 is 10.2 Å². The normalized spacial score (nSPS) is 16.9. The van der Waals surface area contributed by atoms with Crippen molar-refractivity contribution in [3.05, 3.63) is 35.4 Å². The number of anilines is 2. The van der Waals surface area contributed by atoms with E-state index in [9.17, 15) is 9.18 Å². The van der Waals surface area contributed by atoms with Crippen LogP contribution in [0.5, 0.6) is 0 Å². The third-order valence-corrected chi connectivity index (χ3v) is 7.09. The van der Waals surface area contributed by atoms with E-state index in [1.807, 2.05) is 0 Å². The van der Waals surface area contributed by atoms with Crippen molar-refractivity contribution in [2.75, 3.05) is 29.1 Å². The molecule has 10 heteroatoms. The lowest BCUT2D eigenvalue weighted by Crippen LogP contribution is -2.34. The second-order valence-corrected chi connectivity index (χ2v) is 9.36. The van der Waals surface area contributed by atoms with Gasteiger partial charge in [-0.05, 0) is 37.0 Å². The average molecular weight is 452 g/mol. The fourth-order valence-electron chi connectivity index (χ4n) is 3.23. The summed E-state index contributed by atoms with van der Waals surface area (Å²) < 4.78 is 14.7. The van der Waals surface area contributed by atoms with Gasteiger partial charge in [0.05, 0.1) is 11.4 Å². The summed E-state index contributed by atoms with van der Waals surface area (Å²) in [4.78, 5) is 27.8. The van der Waals surface area contributed by atoms with Crippen LogP contribution in [0.2, 0.25) is 5.02 Å². The minimum absolute atomic E-state index is 0.0994. The van der Waals surface area contributed by atoms with E-state index in [0.29, 0.717) is 16.6 Å². The summed E-state index contributed by atoms with van der Waals surface area (Å²) in [7, 11) is 0. The number of rotatable bonds is 5. The van der Waals surface area contributed by atoms with E-state index in [4.69, 9.17) is 11.6 Å². The standard InChI is InChI=1S/C19H19ClFN5OS2/c1-11-3-2-6-26(8-11)19-25-17-16(29-19)18(23-10-22-17)28-9-15(27)24-14-5-4-12(20)7-13(14)21/h4-5,7,10-11H,2-3,6,8-9H2,1H3,(H,24,27)/t11-/m1/s1. The van der Waals surface area contributed by atoms with Gasteiger partial charge in [-0.3, -0.25) is 4.79 Å². The lowest BCUT2D eigenvalue weighted by molar-refractivity contribution is -0.113. The molecule has 0 spiro atoms. The third-order valence-electron chi connectivity index (χ3n) is 4.62. The lowest BCUT2D eigenvalue weighted by atomic mass is 10.0. The first-order valence-corrected chi connectivity index (χ1v) is 11.4. The number of carbonyl (C=O) groups is 1.